The molecule has 2 aromatic rings. The molecule has 0 aliphatic carbocycles. The number of rotatable bonds is 7. The van der Waals surface area contributed by atoms with Crippen molar-refractivity contribution in [2.45, 2.75) is 58.4 Å². The molecule has 3 heterocycles. The lowest BCUT2D eigenvalue weighted by molar-refractivity contribution is -0.135. The van der Waals surface area contributed by atoms with Crippen LogP contribution in [0, 0.1) is 31.6 Å². The van der Waals surface area contributed by atoms with Gasteiger partial charge in [-0.05, 0) is 57.9 Å². The number of nitrogens with zero attached hydrogens (tertiary/aromatic N) is 3. The van der Waals surface area contributed by atoms with Crippen molar-refractivity contribution < 1.29 is 18.9 Å². The Morgan fingerprint density at radius 1 is 1.20 bits per heavy atom. The zero-order valence-corrected chi connectivity index (χ0v) is 20.6. The quantitative estimate of drug-likeness (QED) is 0.490. The molecule has 1 atom stereocenters. The Morgan fingerprint density at radius 3 is 2.54 bits per heavy atom. The minimum atomic E-state index is -0.987. The highest BCUT2D eigenvalue weighted by molar-refractivity contribution is 6.07. The first kappa shape index (κ1) is 24.5. The smallest absolute Gasteiger partial charge is 0.325 e. The van der Waals surface area contributed by atoms with E-state index in [9.17, 15) is 14.4 Å². The summed E-state index contributed by atoms with van der Waals surface area (Å²) in [6, 6.07) is 9.59. The molecule has 4 rings (SSSR count). The van der Waals surface area contributed by atoms with Crippen molar-refractivity contribution in [3.63, 3.8) is 0 Å². The minimum absolute atomic E-state index is 0.0258. The molecule has 184 valence electrons. The number of piperidine rings is 1. The fourth-order valence-electron chi connectivity index (χ4n) is 5.22. The van der Waals surface area contributed by atoms with E-state index in [-0.39, 0.29) is 36.7 Å². The van der Waals surface area contributed by atoms with Gasteiger partial charge in [0.25, 0.3) is 5.91 Å². The Morgan fingerprint density at radius 2 is 1.91 bits per heavy atom. The van der Waals surface area contributed by atoms with Crippen LogP contribution in [-0.2, 0) is 22.4 Å². The number of carbonyl (C=O) groups is 3. The molecule has 2 aliphatic heterocycles. The molecule has 8 nitrogen and oxygen atoms in total. The van der Waals surface area contributed by atoms with E-state index in [1.807, 2.05) is 49.1 Å². The van der Waals surface area contributed by atoms with Crippen molar-refractivity contribution in [3.8, 4) is 11.8 Å². The van der Waals surface area contributed by atoms with Crippen molar-refractivity contribution in [1.82, 2.24) is 20.3 Å². The van der Waals surface area contributed by atoms with Gasteiger partial charge in [0.15, 0.2) is 0 Å². The highest BCUT2D eigenvalue weighted by Gasteiger charge is 2.55. The average molecular weight is 477 g/mol. The molecule has 0 bridgehead atoms. The summed E-state index contributed by atoms with van der Waals surface area (Å²) >= 11 is 0. The molecule has 1 aromatic heterocycles. The maximum Gasteiger partial charge on any atom is 0.325 e. The molecule has 35 heavy (non-hydrogen) atoms. The number of urea groups is 1. The first-order valence-electron chi connectivity index (χ1n) is 12.1. The number of hydrogen-bond acceptors (Lipinski definition) is 5. The van der Waals surface area contributed by atoms with Gasteiger partial charge in [0.2, 0.25) is 5.91 Å². The molecule has 1 N–H and O–H groups in total. The van der Waals surface area contributed by atoms with Crippen molar-refractivity contribution in [2.24, 2.45) is 5.92 Å². The monoisotopic (exact) mass is 476 g/mol. The first-order valence-corrected chi connectivity index (χ1v) is 12.1. The van der Waals surface area contributed by atoms with Gasteiger partial charge in [-0.1, -0.05) is 41.4 Å². The Hall–Kier alpha value is -3.60. The topological polar surface area (TPSA) is 95.8 Å². The van der Waals surface area contributed by atoms with E-state index in [2.05, 4.69) is 22.3 Å². The summed E-state index contributed by atoms with van der Waals surface area (Å²) < 4.78 is 5.19. The van der Waals surface area contributed by atoms with Gasteiger partial charge < -0.3 is 14.7 Å². The standard InChI is InChI=1S/C27H32N4O4/c1-4-5-15-31-25(33)27(28-26(31)34,14-11-21-9-7-6-8-10-21)22-12-16-30(17-13-22)24(32)18-23-19(2)29-35-20(23)3/h6-10,22H,11-18H2,1-3H3,(H,28,34). The third-order valence-corrected chi connectivity index (χ3v) is 7.32. The summed E-state index contributed by atoms with van der Waals surface area (Å²) in [5.74, 6) is 6.03. The number of nitrogens with one attached hydrogen (secondary N) is 1. The zero-order valence-electron chi connectivity index (χ0n) is 20.6. The second-order valence-electron chi connectivity index (χ2n) is 9.34. The number of amides is 4. The third-order valence-electron chi connectivity index (χ3n) is 7.32. The van der Waals surface area contributed by atoms with E-state index >= 15 is 0 Å². The highest BCUT2D eigenvalue weighted by Crippen LogP contribution is 2.37. The SMILES string of the molecule is CC#CCN1C(=O)NC(CCc2ccccc2)(C2CCN(C(=O)Cc3c(C)noc3C)CC2)C1=O. The number of likely N-dealkylation sites (tertiary alicyclic amines) is 1. The van der Waals surface area contributed by atoms with Crippen molar-refractivity contribution in [1.29, 1.82) is 0 Å². The highest BCUT2D eigenvalue weighted by atomic mass is 16.5. The van der Waals surface area contributed by atoms with Crippen LogP contribution in [0.3, 0.4) is 0 Å². The van der Waals surface area contributed by atoms with Gasteiger partial charge in [0.1, 0.15) is 11.3 Å². The fourth-order valence-corrected chi connectivity index (χ4v) is 5.22. The molecule has 2 aliphatic rings. The lowest BCUT2D eigenvalue weighted by atomic mass is 9.74. The van der Waals surface area contributed by atoms with Crippen LogP contribution in [0.1, 0.15) is 48.8 Å². The second-order valence-corrected chi connectivity index (χ2v) is 9.34. The molecule has 0 saturated carbocycles. The molecule has 2 saturated heterocycles. The molecule has 4 amide bonds. The van der Waals surface area contributed by atoms with Gasteiger partial charge in [-0.3, -0.25) is 14.5 Å². The van der Waals surface area contributed by atoms with Gasteiger partial charge in [-0.2, -0.15) is 0 Å². The molecule has 0 radical (unpaired) electrons. The molecule has 0 spiro atoms. The average Bonchev–Trinajstić information content (AvgIpc) is 3.32. The Bertz CT molecular complexity index is 1140. The van der Waals surface area contributed by atoms with Gasteiger partial charge in [0, 0.05) is 18.7 Å². The van der Waals surface area contributed by atoms with Crippen LogP contribution >= 0.6 is 0 Å². The van der Waals surface area contributed by atoms with Crippen LogP contribution in [-0.4, -0.2) is 58.0 Å². The fraction of sp³-hybridized carbons (Fsp3) is 0.481. The number of hydrogen-bond donors (Lipinski definition) is 1. The number of benzene rings is 1. The summed E-state index contributed by atoms with van der Waals surface area (Å²) in [6.45, 7) is 6.51. The third kappa shape index (κ3) is 4.95. The van der Waals surface area contributed by atoms with Gasteiger partial charge in [0.05, 0.1) is 18.7 Å². The zero-order chi connectivity index (χ0) is 25.0. The molecule has 8 heteroatoms. The van der Waals surface area contributed by atoms with E-state index in [4.69, 9.17) is 4.52 Å². The van der Waals surface area contributed by atoms with Crippen LogP contribution < -0.4 is 5.32 Å². The molecular formula is C27H32N4O4. The lowest BCUT2D eigenvalue weighted by Gasteiger charge is -2.41. The minimum Gasteiger partial charge on any atom is -0.361 e. The van der Waals surface area contributed by atoms with Crippen LogP contribution in [0.15, 0.2) is 34.9 Å². The molecular weight excluding hydrogens is 444 g/mol. The summed E-state index contributed by atoms with van der Waals surface area (Å²) in [5.41, 5.74) is 1.70. The Balaban J connectivity index is 1.49. The number of carbonyl (C=O) groups excluding carboxylic acids is 3. The van der Waals surface area contributed by atoms with Crippen LogP contribution in [0.2, 0.25) is 0 Å². The van der Waals surface area contributed by atoms with Crippen LogP contribution in [0.4, 0.5) is 4.79 Å². The van der Waals surface area contributed by atoms with Crippen molar-refractivity contribution in [2.75, 3.05) is 19.6 Å². The van der Waals surface area contributed by atoms with Gasteiger partial charge in [-0.25, -0.2) is 4.79 Å². The molecule has 1 unspecified atom stereocenters. The Labute approximate surface area is 206 Å². The summed E-state index contributed by atoms with van der Waals surface area (Å²) in [7, 11) is 0. The largest absolute Gasteiger partial charge is 0.361 e. The molecule has 1 aromatic carbocycles. The van der Waals surface area contributed by atoms with Gasteiger partial charge >= 0.3 is 6.03 Å². The van der Waals surface area contributed by atoms with E-state index < -0.39 is 5.54 Å². The maximum absolute atomic E-state index is 13.6. The van der Waals surface area contributed by atoms with E-state index in [1.54, 1.807) is 6.92 Å². The maximum atomic E-state index is 13.6. The first-order chi connectivity index (χ1) is 16.9. The van der Waals surface area contributed by atoms with Crippen molar-refractivity contribution >= 4 is 17.8 Å². The number of aryl methyl sites for hydroxylation is 3. The van der Waals surface area contributed by atoms with E-state index in [0.717, 1.165) is 16.8 Å². The van der Waals surface area contributed by atoms with Crippen LogP contribution in [0.5, 0.6) is 0 Å². The molecule has 2 fully saturated rings. The summed E-state index contributed by atoms with van der Waals surface area (Å²) in [4.78, 5) is 42.5. The predicted molar refractivity (Wildman–Crippen MR) is 130 cm³/mol. The predicted octanol–water partition coefficient (Wildman–Crippen LogP) is 3.02. The number of aromatic nitrogens is 1. The van der Waals surface area contributed by atoms with Crippen molar-refractivity contribution in [3.05, 3.63) is 52.9 Å². The number of imide groups is 1. The summed E-state index contributed by atoms with van der Waals surface area (Å²) in [5, 5.41) is 7.00. The van der Waals surface area contributed by atoms with E-state index in [0.29, 0.717) is 44.5 Å². The van der Waals surface area contributed by atoms with Crippen LogP contribution in [0.25, 0.3) is 0 Å². The van der Waals surface area contributed by atoms with E-state index in [1.165, 1.54) is 4.90 Å². The lowest BCUT2D eigenvalue weighted by Crippen LogP contribution is -2.57. The summed E-state index contributed by atoms with van der Waals surface area (Å²) in [6.07, 6.45) is 2.72. The Kier molecular flexibility index (Phi) is 7.25. The van der Waals surface area contributed by atoms with Gasteiger partial charge in [-0.15, -0.1) is 5.92 Å². The second kappa shape index (κ2) is 10.3. The normalized spacial score (nSPS) is 20.5.